The lowest BCUT2D eigenvalue weighted by molar-refractivity contribution is 0.0954. The lowest BCUT2D eigenvalue weighted by atomic mass is 9.96. The summed E-state index contributed by atoms with van der Waals surface area (Å²) < 4.78 is 43.2. The highest BCUT2D eigenvalue weighted by Gasteiger charge is 2.27. The van der Waals surface area contributed by atoms with E-state index in [0.717, 1.165) is 31.1 Å². The molecule has 3 atom stereocenters. The monoisotopic (exact) mass is 513 g/mol. The summed E-state index contributed by atoms with van der Waals surface area (Å²) in [7, 11) is -1.80. The number of halogens is 2. The minimum atomic E-state index is -3.26. The smallest absolute Gasteiger partial charge is 0.251 e. The molecule has 3 N–H and O–H groups in total. The van der Waals surface area contributed by atoms with Crippen LogP contribution in [0.3, 0.4) is 0 Å². The molecule has 0 radical (unpaired) electrons. The number of methoxy groups -OCH3 is 1. The van der Waals surface area contributed by atoms with Crippen molar-refractivity contribution in [3.8, 4) is 5.75 Å². The van der Waals surface area contributed by atoms with E-state index in [-0.39, 0.29) is 49.0 Å². The molecule has 1 aliphatic carbocycles. The molecule has 0 spiro atoms. The van der Waals surface area contributed by atoms with Crippen molar-refractivity contribution in [1.82, 2.24) is 15.4 Å². The third kappa shape index (κ3) is 7.94. The Morgan fingerprint density at radius 1 is 1.15 bits per heavy atom. The van der Waals surface area contributed by atoms with Gasteiger partial charge in [-0.2, -0.15) is 0 Å². The van der Waals surface area contributed by atoms with Gasteiger partial charge in [-0.25, -0.2) is 17.5 Å². The average Bonchev–Trinajstić information content (AvgIpc) is 3.24. The number of carbonyl (C=O) groups excluding carboxylic acids is 1. The Bertz CT molecular complexity index is 1070. The third-order valence-corrected chi connectivity index (χ3v) is 6.74. The number of hydrogen-bond acceptors (Lipinski definition) is 5. The summed E-state index contributed by atoms with van der Waals surface area (Å²) in [5, 5.41) is 6.35. The maximum atomic E-state index is 13.7. The second-order valence-corrected chi connectivity index (χ2v) is 10.4. The van der Waals surface area contributed by atoms with Crippen LogP contribution in [0.15, 0.2) is 42.5 Å². The Morgan fingerprint density at radius 3 is 2.50 bits per heavy atom. The van der Waals surface area contributed by atoms with Crippen molar-refractivity contribution in [2.45, 2.75) is 44.2 Å². The summed E-state index contributed by atoms with van der Waals surface area (Å²) in [6.45, 7) is 2.45. The van der Waals surface area contributed by atoms with E-state index in [1.807, 2.05) is 24.3 Å². The molecule has 0 bridgehead atoms. The summed E-state index contributed by atoms with van der Waals surface area (Å²) in [6, 6.07) is 13.0. The summed E-state index contributed by atoms with van der Waals surface area (Å²) >= 11 is 0. The summed E-state index contributed by atoms with van der Waals surface area (Å²) in [5.41, 5.74) is 2.73. The van der Waals surface area contributed by atoms with Crippen molar-refractivity contribution in [1.29, 1.82) is 0 Å². The molecule has 3 rings (SSSR count). The maximum Gasteiger partial charge on any atom is 0.251 e. The van der Waals surface area contributed by atoms with Crippen molar-refractivity contribution in [2.24, 2.45) is 0 Å². The lowest BCUT2D eigenvalue weighted by Gasteiger charge is -2.21. The van der Waals surface area contributed by atoms with Crippen LogP contribution in [0.1, 0.15) is 59.6 Å². The first-order chi connectivity index (χ1) is 15.7. The van der Waals surface area contributed by atoms with E-state index < -0.39 is 10.0 Å². The number of hydrogen-bond donors (Lipinski definition) is 3. The Kier molecular flexibility index (Phi) is 10.3. The molecule has 1 amide bonds. The molecule has 2 aromatic carbocycles. The highest BCUT2D eigenvalue weighted by Crippen LogP contribution is 2.35. The van der Waals surface area contributed by atoms with Gasteiger partial charge in [-0.3, -0.25) is 4.79 Å². The van der Waals surface area contributed by atoms with Crippen LogP contribution in [-0.2, 0) is 10.0 Å². The minimum absolute atomic E-state index is 0. The Morgan fingerprint density at radius 2 is 1.85 bits per heavy atom. The molecular weight excluding hydrogens is 481 g/mol. The zero-order valence-electron chi connectivity index (χ0n) is 19.6. The zero-order valence-corrected chi connectivity index (χ0v) is 21.3. The Balaban J connectivity index is 0.00000408. The van der Waals surface area contributed by atoms with Gasteiger partial charge in [-0.15, -0.1) is 12.4 Å². The molecule has 0 heterocycles. The standard InChI is InChI=1S/C24H32FN3O4S.ClH/c1-16(19-9-11-22(25)23(15-19)32-2)28-21-10-8-20(14-21)17-4-6-18(7-5-17)24(29)26-12-13-27-33(3,30)31;/h4-7,9,11,15-16,20-21,27-28H,8,10,12-14H2,1-3H3,(H,26,29);1H/t16-,20-,21+;/m1./s1. The number of nitrogens with one attached hydrogen (secondary N) is 3. The number of sulfonamides is 1. The fraction of sp³-hybridized carbons (Fsp3) is 0.458. The van der Waals surface area contributed by atoms with Crippen molar-refractivity contribution < 1.29 is 22.3 Å². The number of amides is 1. The van der Waals surface area contributed by atoms with Gasteiger partial charge in [0.25, 0.3) is 5.91 Å². The third-order valence-electron chi connectivity index (χ3n) is 6.01. The van der Waals surface area contributed by atoms with Crippen LogP contribution in [0.5, 0.6) is 5.75 Å². The minimum Gasteiger partial charge on any atom is -0.494 e. The Hall–Kier alpha value is -2.20. The summed E-state index contributed by atoms with van der Waals surface area (Å²) in [4.78, 5) is 12.2. The van der Waals surface area contributed by atoms with Gasteiger partial charge in [0.2, 0.25) is 10.0 Å². The molecular formula is C24H33ClFN3O4S. The first kappa shape index (κ1) is 28.0. The second-order valence-electron chi connectivity index (χ2n) is 8.53. The Labute approximate surface area is 207 Å². The van der Waals surface area contributed by atoms with Crippen LogP contribution >= 0.6 is 12.4 Å². The van der Waals surface area contributed by atoms with Crippen molar-refractivity contribution in [2.75, 3.05) is 26.5 Å². The molecule has 0 aromatic heterocycles. The van der Waals surface area contributed by atoms with Crippen LogP contribution in [-0.4, -0.2) is 46.8 Å². The summed E-state index contributed by atoms with van der Waals surface area (Å²) in [6.07, 6.45) is 4.17. The number of benzene rings is 2. The van der Waals surface area contributed by atoms with Gasteiger partial charge in [0.1, 0.15) is 0 Å². The van der Waals surface area contributed by atoms with Gasteiger partial charge in [0, 0.05) is 30.7 Å². The van der Waals surface area contributed by atoms with Crippen molar-refractivity contribution >= 4 is 28.3 Å². The van der Waals surface area contributed by atoms with Crippen LogP contribution in [0, 0.1) is 5.82 Å². The molecule has 1 saturated carbocycles. The van der Waals surface area contributed by atoms with Crippen LogP contribution in [0.25, 0.3) is 0 Å². The van der Waals surface area contributed by atoms with Crippen LogP contribution in [0.4, 0.5) is 4.39 Å². The van der Waals surface area contributed by atoms with E-state index in [1.54, 1.807) is 12.1 Å². The number of ether oxygens (including phenoxy) is 1. The molecule has 7 nitrogen and oxygen atoms in total. The van der Waals surface area contributed by atoms with E-state index in [2.05, 4.69) is 22.3 Å². The first-order valence-electron chi connectivity index (χ1n) is 11.1. The van der Waals surface area contributed by atoms with Gasteiger partial charge < -0.3 is 15.4 Å². The predicted octanol–water partition coefficient (Wildman–Crippen LogP) is 3.52. The van der Waals surface area contributed by atoms with E-state index in [0.29, 0.717) is 17.5 Å². The molecule has 1 fully saturated rings. The zero-order chi connectivity index (χ0) is 24.0. The van der Waals surface area contributed by atoms with Crippen molar-refractivity contribution in [3.05, 3.63) is 65.0 Å². The van der Waals surface area contributed by atoms with E-state index >= 15 is 0 Å². The molecule has 2 aromatic rings. The molecule has 10 heteroatoms. The molecule has 0 unspecified atom stereocenters. The molecule has 34 heavy (non-hydrogen) atoms. The van der Waals surface area contributed by atoms with Crippen molar-refractivity contribution in [3.63, 3.8) is 0 Å². The van der Waals surface area contributed by atoms with Gasteiger partial charge in [-0.1, -0.05) is 18.2 Å². The van der Waals surface area contributed by atoms with Gasteiger partial charge in [0.05, 0.1) is 13.4 Å². The molecule has 0 saturated heterocycles. The topological polar surface area (TPSA) is 96.5 Å². The van der Waals surface area contributed by atoms with Crippen LogP contribution in [0.2, 0.25) is 0 Å². The largest absolute Gasteiger partial charge is 0.494 e. The summed E-state index contributed by atoms with van der Waals surface area (Å²) in [5.74, 6) is 0.0678. The number of rotatable bonds is 10. The van der Waals surface area contributed by atoms with Gasteiger partial charge >= 0.3 is 0 Å². The molecule has 0 aliphatic heterocycles. The lowest BCUT2D eigenvalue weighted by Crippen LogP contribution is -2.34. The second kappa shape index (κ2) is 12.5. The number of carbonyl (C=O) groups is 1. The fourth-order valence-corrected chi connectivity index (χ4v) is 4.73. The van der Waals surface area contributed by atoms with E-state index in [4.69, 9.17) is 4.74 Å². The predicted molar refractivity (Wildman–Crippen MR) is 134 cm³/mol. The van der Waals surface area contributed by atoms with E-state index in [9.17, 15) is 17.6 Å². The normalized spacial score (nSPS) is 18.7. The maximum absolute atomic E-state index is 13.7. The van der Waals surface area contributed by atoms with Gasteiger partial charge in [0.15, 0.2) is 11.6 Å². The van der Waals surface area contributed by atoms with E-state index in [1.165, 1.54) is 18.7 Å². The molecule has 1 aliphatic rings. The highest BCUT2D eigenvalue weighted by molar-refractivity contribution is 7.88. The fourth-order valence-electron chi connectivity index (χ4n) is 4.25. The molecule has 188 valence electrons. The quantitative estimate of drug-likeness (QED) is 0.422. The average molecular weight is 514 g/mol. The SMILES string of the molecule is COc1cc([C@@H](C)N[C@H]2CC[C@@H](c3ccc(C(=O)NCCNS(C)(=O)=O)cc3)C2)ccc1F.Cl. The first-order valence-corrected chi connectivity index (χ1v) is 13.0. The van der Waals surface area contributed by atoms with Gasteiger partial charge in [-0.05, 0) is 67.5 Å². The van der Waals surface area contributed by atoms with Crippen LogP contribution < -0.4 is 20.1 Å². The highest BCUT2D eigenvalue weighted by atomic mass is 35.5.